The van der Waals surface area contributed by atoms with Crippen molar-refractivity contribution in [1.29, 1.82) is 0 Å². The van der Waals surface area contributed by atoms with Gasteiger partial charge in [-0.2, -0.15) is 0 Å². The van der Waals surface area contributed by atoms with Gasteiger partial charge in [0.1, 0.15) is 4.99 Å². The first-order chi connectivity index (χ1) is 8.58. The topological polar surface area (TPSA) is 16.1 Å². The lowest BCUT2D eigenvalue weighted by atomic mass is 10.1. The number of nitrogens with zero attached hydrogens (tertiary/aromatic N) is 2. The second kappa shape index (κ2) is 5.27. The number of benzene rings is 1. The van der Waals surface area contributed by atoms with Gasteiger partial charge in [-0.25, -0.2) is 0 Å². The summed E-state index contributed by atoms with van der Waals surface area (Å²) >= 11 is 5.34. The van der Waals surface area contributed by atoms with Crippen LogP contribution in [0, 0.1) is 6.92 Å². The van der Waals surface area contributed by atoms with Crippen LogP contribution in [0.2, 0.25) is 0 Å². The fourth-order valence-electron chi connectivity index (χ4n) is 1.75. The molecule has 0 spiro atoms. The van der Waals surface area contributed by atoms with Gasteiger partial charge in [0.05, 0.1) is 5.69 Å². The molecule has 0 saturated heterocycles. The summed E-state index contributed by atoms with van der Waals surface area (Å²) in [5, 5.41) is 0. The van der Waals surface area contributed by atoms with E-state index in [9.17, 15) is 0 Å². The van der Waals surface area contributed by atoms with Gasteiger partial charge < -0.3 is 4.90 Å². The first-order valence-corrected chi connectivity index (χ1v) is 6.24. The molecule has 1 aromatic carbocycles. The molecule has 2 nitrogen and oxygen atoms in total. The standard InChI is InChI=1S/C15H16N2S/c1-11-5-4-6-14(16-11)12-7-9-13(10-8-12)15(18)17(2)3/h4-10H,1-3H3. The van der Waals surface area contributed by atoms with E-state index in [4.69, 9.17) is 12.2 Å². The van der Waals surface area contributed by atoms with Gasteiger partial charge in [-0.1, -0.05) is 42.5 Å². The molecule has 92 valence electrons. The van der Waals surface area contributed by atoms with E-state index in [0.29, 0.717) is 0 Å². The molecule has 0 atom stereocenters. The van der Waals surface area contributed by atoms with Crippen LogP contribution in [0.3, 0.4) is 0 Å². The SMILES string of the molecule is Cc1cccc(-c2ccc(C(=S)N(C)C)cc2)n1. The Morgan fingerprint density at radius 3 is 2.28 bits per heavy atom. The van der Waals surface area contributed by atoms with Gasteiger partial charge in [0.2, 0.25) is 0 Å². The van der Waals surface area contributed by atoms with Gasteiger partial charge in [0.15, 0.2) is 0 Å². The molecule has 0 N–H and O–H groups in total. The number of aromatic nitrogens is 1. The molecule has 0 unspecified atom stereocenters. The van der Waals surface area contributed by atoms with Crippen molar-refractivity contribution in [3.63, 3.8) is 0 Å². The largest absolute Gasteiger partial charge is 0.368 e. The zero-order valence-corrected chi connectivity index (χ0v) is 11.7. The molecule has 2 aromatic rings. The van der Waals surface area contributed by atoms with E-state index in [1.165, 1.54) is 0 Å². The third-order valence-corrected chi connectivity index (χ3v) is 3.32. The van der Waals surface area contributed by atoms with Crippen LogP contribution in [-0.2, 0) is 0 Å². The van der Waals surface area contributed by atoms with Gasteiger partial charge in [-0.3, -0.25) is 4.98 Å². The summed E-state index contributed by atoms with van der Waals surface area (Å²) in [6.45, 7) is 2.00. The molecule has 0 aliphatic heterocycles. The number of rotatable bonds is 2. The summed E-state index contributed by atoms with van der Waals surface area (Å²) in [5.74, 6) is 0. The summed E-state index contributed by atoms with van der Waals surface area (Å²) in [7, 11) is 3.91. The summed E-state index contributed by atoms with van der Waals surface area (Å²) in [6.07, 6.45) is 0. The fourth-order valence-corrected chi connectivity index (χ4v) is 1.88. The van der Waals surface area contributed by atoms with Crippen LogP contribution in [0.5, 0.6) is 0 Å². The Morgan fingerprint density at radius 1 is 1.06 bits per heavy atom. The second-order valence-corrected chi connectivity index (χ2v) is 4.83. The Kier molecular flexibility index (Phi) is 3.72. The van der Waals surface area contributed by atoms with Crippen LogP contribution in [0.15, 0.2) is 42.5 Å². The molecular formula is C15H16N2S. The van der Waals surface area contributed by atoms with Crippen LogP contribution in [0.1, 0.15) is 11.3 Å². The minimum atomic E-state index is 0.846. The summed E-state index contributed by atoms with van der Waals surface area (Å²) < 4.78 is 0. The van der Waals surface area contributed by atoms with E-state index in [-0.39, 0.29) is 0 Å². The van der Waals surface area contributed by atoms with Crippen molar-refractivity contribution in [2.45, 2.75) is 6.92 Å². The normalized spacial score (nSPS) is 10.2. The Balaban J connectivity index is 2.30. The predicted molar refractivity (Wildman–Crippen MR) is 79.8 cm³/mol. The molecule has 1 aromatic heterocycles. The van der Waals surface area contributed by atoms with Crippen molar-refractivity contribution in [2.24, 2.45) is 0 Å². The van der Waals surface area contributed by atoms with E-state index in [1.807, 2.05) is 56.3 Å². The maximum atomic E-state index is 5.34. The first kappa shape index (κ1) is 12.7. The molecule has 0 bridgehead atoms. The Morgan fingerprint density at radius 2 is 1.72 bits per heavy atom. The van der Waals surface area contributed by atoms with Gasteiger partial charge >= 0.3 is 0 Å². The van der Waals surface area contributed by atoms with E-state index in [0.717, 1.165) is 27.5 Å². The van der Waals surface area contributed by atoms with Crippen molar-refractivity contribution < 1.29 is 0 Å². The molecule has 0 saturated carbocycles. The third kappa shape index (κ3) is 2.74. The molecule has 3 heteroatoms. The van der Waals surface area contributed by atoms with Crippen LogP contribution < -0.4 is 0 Å². The number of hydrogen-bond acceptors (Lipinski definition) is 2. The van der Waals surface area contributed by atoms with E-state index < -0.39 is 0 Å². The maximum absolute atomic E-state index is 5.34. The van der Waals surface area contributed by atoms with E-state index >= 15 is 0 Å². The van der Waals surface area contributed by atoms with E-state index in [1.54, 1.807) is 0 Å². The lowest BCUT2D eigenvalue weighted by molar-refractivity contribution is 0.636. The third-order valence-electron chi connectivity index (χ3n) is 2.72. The molecule has 0 aliphatic carbocycles. The van der Waals surface area contributed by atoms with Crippen LogP contribution in [0.25, 0.3) is 11.3 Å². The van der Waals surface area contributed by atoms with Crippen LogP contribution in [0.4, 0.5) is 0 Å². The molecule has 0 aliphatic rings. The molecule has 0 amide bonds. The van der Waals surface area contributed by atoms with Crippen LogP contribution >= 0.6 is 12.2 Å². The molecule has 2 rings (SSSR count). The fraction of sp³-hybridized carbons (Fsp3) is 0.200. The summed E-state index contributed by atoms with van der Waals surface area (Å²) in [5.41, 5.74) is 4.20. The number of hydrogen-bond donors (Lipinski definition) is 0. The second-order valence-electron chi connectivity index (χ2n) is 4.44. The average molecular weight is 256 g/mol. The molecular weight excluding hydrogens is 240 g/mol. The Bertz CT molecular complexity index is 559. The maximum Gasteiger partial charge on any atom is 0.108 e. The van der Waals surface area contributed by atoms with Crippen molar-refractivity contribution in [1.82, 2.24) is 9.88 Å². The molecule has 0 fully saturated rings. The van der Waals surface area contributed by atoms with Gasteiger partial charge in [0, 0.05) is 30.9 Å². The quantitative estimate of drug-likeness (QED) is 0.767. The predicted octanol–water partition coefficient (Wildman–Crippen LogP) is 3.29. The number of pyridine rings is 1. The van der Waals surface area contributed by atoms with Crippen molar-refractivity contribution >= 4 is 17.2 Å². The highest BCUT2D eigenvalue weighted by Crippen LogP contribution is 2.18. The smallest absolute Gasteiger partial charge is 0.108 e. The summed E-state index contributed by atoms with van der Waals surface area (Å²) in [4.78, 5) is 7.30. The summed E-state index contributed by atoms with van der Waals surface area (Å²) in [6, 6.07) is 14.3. The van der Waals surface area contributed by atoms with Crippen molar-refractivity contribution in [3.05, 3.63) is 53.7 Å². The number of aryl methyl sites for hydroxylation is 1. The Hall–Kier alpha value is -1.74. The lowest BCUT2D eigenvalue weighted by Gasteiger charge is -2.13. The lowest BCUT2D eigenvalue weighted by Crippen LogP contribution is -2.20. The van der Waals surface area contributed by atoms with Gasteiger partial charge in [-0.05, 0) is 19.1 Å². The highest BCUT2D eigenvalue weighted by molar-refractivity contribution is 7.80. The minimum absolute atomic E-state index is 0.846. The molecule has 1 heterocycles. The molecule has 18 heavy (non-hydrogen) atoms. The zero-order chi connectivity index (χ0) is 13.1. The highest BCUT2D eigenvalue weighted by atomic mass is 32.1. The van der Waals surface area contributed by atoms with Gasteiger partial charge in [0.25, 0.3) is 0 Å². The van der Waals surface area contributed by atoms with Gasteiger partial charge in [-0.15, -0.1) is 0 Å². The van der Waals surface area contributed by atoms with Crippen molar-refractivity contribution in [2.75, 3.05) is 14.1 Å². The Labute approximate surface area is 113 Å². The minimum Gasteiger partial charge on any atom is -0.368 e. The highest BCUT2D eigenvalue weighted by Gasteiger charge is 2.04. The first-order valence-electron chi connectivity index (χ1n) is 5.83. The van der Waals surface area contributed by atoms with Crippen molar-refractivity contribution in [3.8, 4) is 11.3 Å². The molecule has 0 radical (unpaired) electrons. The average Bonchev–Trinajstić information content (AvgIpc) is 2.38. The van der Waals surface area contributed by atoms with Crippen LogP contribution in [-0.4, -0.2) is 29.0 Å². The monoisotopic (exact) mass is 256 g/mol. The van der Waals surface area contributed by atoms with E-state index in [2.05, 4.69) is 17.1 Å². The number of thiocarbonyl (C=S) groups is 1. The zero-order valence-electron chi connectivity index (χ0n) is 10.8.